The second-order valence-corrected chi connectivity index (χ2v) is 8.41. The maximum Gasteiger partial charge on any atom is 0.494 e. The molecule has 28 heavy (non-hydrogen) atoms. The van der Waals surface area contributed by atoms with Crippen LogP contribution in [0.3, 0.4) is 0 Å². The summed E-state index contributed by atoms with van der Waals surface area (Å²) in [4.78, 5) is 17.0. The van der Waals surface area contributed by atoms with E-state index in [9.17, 15) is 4.79 Å². The van der Waals surface area contributed by atoms with Gasteiger partial charge in [0, 0.05) is 6.54 Å². The van der Waals surface area contributed by atoms with Crippen LogP contribution in [-0.4, -0.2) is 47.2 Å². The predicted molar refractivity (Wildman–Crippen MR) is 111 cm³/mol. The van der Waals surface area contributed by atoms with Crippen molar-refractivity contribution >= 4 is 30.3 Å². The molecule has 1 aliphatic heterocycles. The Hall–Kier alpha value is -1.77. The van der Waals surface area contributed by atoms with Crippen LogP contribution in [0.4, 0.5) is 0 Å². The highest BCUT2D eigenvalue weighted by molar-refractivity contribution is 7.98. The van der Waals surface area contributed by atoms with Crippen molar-refractivity contribution in [1.82, 2.24) is 9.55 Å². The van der Waals surface area contributed by atoms with Gasteiger partial charge in [-0.05, 0) is 44.5 Å². The summed E-state index contributed by atoms with van der Waals surface area (Å²) in [6.45, 7) is 9.04. The van der Waals surface area contributed by atoms with Gasteiger partial charge in [-0.3, -0.25) is 0 Å². The number of benzene rings is 1. The summed E-state index contributed by atoms with van der Waals surface area (Å²) in [7, 11) is -0.332. The summed E-state index contributed by atoms with van der Waals surface area (Å²) in [6, 6.07) is 8.06. The molecule has 1 unspecified atom stereocenters. The fourth-order valence-electron chi connectivity index (χ4n) is 2.93. The van der Waals surface area contributed by atoms with Gasteiger partial charge in [0.05, 0.1) is 24.6 Å². The van der Waals surface area contributed by atoms with Crippen LogP contribution in [-0.2, 0) is 20.6 Å². The van der Waals surface area contributed by atoms with Crippen molar-refractivity contribution in [3.05, 3.63) is 41.9 Å². The van der Waals surface area contributed by atoms with Crippen LogP contribution in [0, 0.1) is 0 Å². The van der Waals surface area contributed by atoms with E-state index in [2.05, 4.69) is 4.98 Å². The Morgan fingerprint density at radius 3 is 2.68 bits per heavy atom. The van der Waals surface area contributed by atoms with Crippen LogP contribution in [0.15, 0.2) is 35.6 Å². The average molecular weight is 402 g/mol. The van der Waals surface area contributed by atoms with Gasteiger partial charge in [0.25, 0.3) is 0 Å². The molecule has 1 aromatic carbocycles. The highest BCUT2D eigenvalue weighted by atomic mass is 32.2. The zero-order chi connectivity index (χ0) is 20.3. The molecule has 0 amide bonds. The second-order valence-electron chi connectivity index (χ2n) is 7.62. The number of carbonyl (C=O) groups excluding carboxylic acids is 1. The van der Waals surface area contributed by atoms with Crippen molar-refractivity contribution in [1.29, 1.82) is 0 Å². The number of thioether (sulfide) groups is 1. The van der Waals surface area contributed by atoms with Gasteiger partial charge < -0.3 is 18.6 Å². The van der Waals surface area contributed by atoms with Gasteiger partial charge in [0.1, 0.15) is 5.03 Å². The van der Waals surface area contributed by atoms with Crippen LogP contribution >= 0.6 is 11.8 Å². The average Bonchev–Trinajstić information content (AvgIpc) is 3.24. The zero-order valence-electron chi connectivity index (χ0n) is 17.1. The van der Waals surface area contributed by atoms with E-state index in [0.717, 1.165) is 17.4 Å². The normalized spacial score (nSPS) is 17.0. The highest BCUT2D eigenvalue weighted by Crippen LogP contribution is 2.22. The first kappa shape index (κ1) is 21.0. The second kappa shape index (κ2) is 8.72. The molecule has 2 aromatic rings. The number of hydrogen-bond donors (Lipinski definition) is 0. The Morgan fingerprint density at radius 1 is 1.39 bits per heavy atom. The lowest BCUT2D eigenvalue weighted by Crippen LogP contribution is -2.34. The standard InChI is InChI=1S/C20H27BN2O4S/c1-6-14(2)26-19(24)17-18(28-5)22-13-23(17)11-15-7-9-16(10-8-15)21-25-12-20(3,4)27-21/h7-10,13-14H,6,11-12H2,1-5H3. The highest BCUT2D eigenvalue weighted by Gasteiger charge is 2.37. The Bertz CT molecular complexity index is 822. The third kappa shape index (κ3) is 4.80. The maximum absolute atomic E-state index is 12.6. The SMILES string of the molecule is CCC(C)OC(=O)c1c(SC)ncn1Cc1ccc(B2OCC(C)(C)O2)cc1. The van der Waals surface area contributed by atoms with Gasteiger partial charge in [-0.2, -0.15) is 0 Å². The molecule has 8 heteroatoms. The monoisotopic (exact) mass is 402 g/mol. The van der Waals surface area contributed by atoms with Gasteiger partial charge in [-0.15, -0.1) is 11.8 Å². The Balaban J connectivity index is 1.75. The van der Waals surface area contributed by atoms with E-state index >= 15 is 0 Å². The largest absolute Gasteiger partial charge is 0.494 e. The molecule has 1 atom stereocenters. The summed E-state index contributed by atoms with van der Waals surface area (Å²) in [6.07, 6.45) is 4.25. The number of hydrogen-bond acceptors (Lipinski definition) is 6. The molecule has 0 bridgehead atoms. The molecule has 1 aromatic heterocycles. The fraction of sp³-hybridized carbons (Fsp3) is 0.500. The molecule has 0 N–H and O–H groups in total. The first-order valence-corrected chi connectivity index (χ1v) is 10.7. The molecule has 0 radical (unpaired) electrons. The quantitative estimate of drug-likeness (QED) is 0.403. The van der Waals surface area contributed by atoms with Crippen LogP contribution in [0.5, 0.6) is 0 Å². The van der Waals surface area contributed by atoms with E-state index in [0.29, 0.717) is 23.9 Å². The Morgan fingerprint density at radius 2 is 2.11 bits per heavy atom. The number of esters is 1. The van der Waals surface area contributed by atoms with Gasteiger partial charge in [0.15, 0.2) is 5.69 Å². The number of ether oxygens (including phenoxy) is 1. The van der Waals surface area contributed by atoms with E-state index in [-0.39, 0.29) is 24.8 Å². The Labute approximate surface area is 171 Å². The molecule has 6 nitrogen and oxygen atoms in total. The molecule has 3 rings (SSSR count). The maximum atomic E-state index is 12.6. The summed E-state index contributed by atoms with van der Waals surface area (Å²) in [5, 5.41) is 0.680. The summed E-state index contributed by atoms with van der Waals surface area (Å²) >= 11 is 1.44. The first-order valence-electron chi connectivity index (χ1n) is 9.51. The van der Waals surface area contributed by atoms with Crippen molar-refractivity contribution in [3.8, 4) is 0 Å². The van der Waals surface area contributed by atoms with Gasteiger partial charge in [-0.1, -0.05) is 31.2 Å². The van der Waals surface area contributed by atoms with Crippen molar-refractivity contribution in [3.63, 3.8) is 0 Å². The minimum Gasteiger partial charge on any atom is -0.458 e. The van der Waals surface area contributed by atoms with Crippen molar-refractivity contribution in [2.75, 3.05) is 12.9 Å². The molecule has 1 aliphatic rings. The van der Waals surface area contributed by atoms with Gasteiger partial charge in [-0.25, -0.2) is 9.78 Å². The van der Waals surface area contributed by atoms with Crippen molar-refractivity contribution < 1.29 is 18.8 Å². The molecule has 1 fully saturated rings. The Kier molecular flexibility index (Phi) is 6.52. The summed E-state index contributed by atoms with van der Waals surface area (Å²) in [5.74, 6) is -0.331. The van der Waals surface area contributed by atoms with E-state index in [1.54, 1.807) is 6.33 Å². The van der Waals surface area contributed by atoms with Crippen molar-refractivity contribution in [2.45, 2.75) is 57.4 Å². The molecular formula is C20H27BN2O4S. The van der Waals surface area contributed by atoms with E-state index in [4.69, 9.17) is 14.0 Å². The fourth-order valence-corrected chi connectivity index (χ4v) is 3.48. The smallest absolute Gasteiger partial charge is 0.458 e. The molecule has 2 heterocycles. The number of nitrogens with zero attached hydrogens (tertiary/aromatic N) is 2. The number of carbonyl (C=O) groups is 1. The van der Waals surface area contributed by atoms with Crippen LogP contribution in [0.25, 0.3) is 0 Å². The third-order valence-corrected chi connectivity index (χ3v) is 5.37. The number of aromatic nitrogens is 2. The van der Waals surface area contributed by atoms with E-state index < -0.39 is 0 Å². The first-order chi connectivity index (χ1) is 13.3. The molecule has 0 spiro atoms. The van der Waals surface area contributed by atoms with E-state index in [1.807, 2.05) is 62.8 Å². The molecule has 150 valence electrons. The zero-order valence-corrected chi connectivity index (χ0v) is 17.9. The minimum atomic E-state index is -0.332. The van der Waals surface area contributed by atoms with Gasteiger partial charge >= 0.3 is 13.1 Å². The topological polar surface area (TPSA) is 62.6 Å². The number of imidazole rings is 1. The van der Waals surface area contributed by atoms with Crippen LogP contribution < -0.4 is 5.46 Å². The minimum absolute atomic E-state index is 0.125. The molecule has 0 aliphatic carbocycles. The van der Waals surface area contributed by atoms with Gasteiger partial charge in [0.2, 0.25) is 0 Å². The summed E-state index contributed by atoms with van der Waals surface area (Å²) in [5.41, 5.74) is 2.28. The molecule has 0 saturated carbocycles. The van der Waals surface area contributed by atoms with Crippen LogP contribution in [0.1, 0.15) is 50.2 Å². The van der Waals surface area contributed by atoms with Crippen LogP contribution in [0.2, 0.25) is 0 Å². The van der Waals surface area contributed by atoms with E-state index in [1.165, 1.54) is 11.8 Å². The lowest BCUT2D eigenvalue weighted by molar-refractivity contribution is 0.0317. The molecular weight excluding hydrogens is 375 g/mol. The number of rotatable bonds is 7. The van der Waals surface area contributed by atoms with Crippen molar-refractivity contribution in [2.24, 2.45) is 0 Å². The predicted octanol–water partition coefficient (Wildman–Crippen LogP) is 3.13. The third-order valence-electron chi connectivity index (χ3n) is 4.69. The summed E-state index contributed by atoms with van der Waals surface area (Å²) < 4.78 is 19.0. The lowest BCUT2D eigenvalue weighted by Gasteiger charge is -2.15. The molecule has 1 saturated heterocycles. The lowest BCUT2D eigenvalue weighted by atomic mass is 9.79.